The Hall–Kier alpha value is -2.01. The van der Waals surface area contributed by atoms with E-state index < -0.39 is 0 Å². The van der Waals surface area contributed by atoms with Crippen molar-refractivity contribution in [2.75, 3.05) is 19.5 Å². The summed E-state index contributed by atoms with van der Waals surface area (Å²) in [5, 5.41) is 0. The van der Waals surface area contributed by atoms with Crippen LogP contribution in [0.15, 0.2) is 40.9 Å². The van der Waals surface area contributed by atoms with E-state index in [2.05, 4.69) is 15.9 Å². The second-order valence-corrected chi connectivity index (χ2v) is 5.28. The predicted octanol–water partition coefficient (Wildman–Crippen LogP) is 3.67. The summed E-state index contributed by atoms with van der Waals surface area (Å²) in [4.78, 5) is 12.8. The van der Waals surface area contributed by atoms with Gasteiger partial charge in [0.2, 0.25) is 5.78 Å². The number of anilines is 1. The zero-order valence-electron chi connectivity index (χ0n) is 11.9. The van der Waals surface area contributed by atoms with E-state index in [1.807, 2.05) is 13.0 Å². The SMILES string of the molecule is CCOc1ccc(Br)cc1C(=O)c1ccc(N)cc1OC. The third kappa shape index (κ3) is 3.36. The Balaban J connectivity index is 2.51. The summed E-state index contributed by atoms with van der Waals surface area (Å²) in [5.74, 6) is 0.823. The van der Waals surface area contributed by atoms with E-state index in [0.717, 1.165) is 4.47 Å². The first-order chi connectivity index (χ1) is 10.1. The number of ketones is 1. The molecule has 0 bridgehead atoms. The molecule has 2 rings (SSSR count). The van der Waals surface area contributed by atoms with Gasteiger partial charge in [-0.3, -0.25) is 4.79 Å². The van der Waals surface area contributed by atoms with Gasteiger partial charge in [-0.2, -0.15) is 0 Å². The van der Waals surface area contributed by atoms with Gasteiger partial charge in [0.05, 0.1) is 24.8 Å². The number of halogens is 1. The lowest BCUT2D eigenvalue weighted by molar-refractivity contribution is 0.103. The Morgan fingerprint density at radius 3 is 2.57 bits per heavy atom. The molecule has 4 nitrogen and oxygen atoms in total. The number of rotatable bonds is 5. The van der Waals surface area contributed by atoms with E-state index in [1.165, 1.54) is 7.11 Å². The molecular weight excluding hydrogens is 334 g/mol. The van der Waals surface area contributed by atoms with Gasteiger partial charge in [0.1, 0.15) is 11.5 Å². The Morgan fingerprint density at radius 2 is 1.90 bits per heavy atom. The standard InChI is InChI=1S/C16H16BrNO3/c1-3-21-14-7-4-10(17)8-13(14)16(19)12-6-5-11(18)9-15(12)20-2/h4-9H,3,18H2,1-2H3. The summed E-state index contributed by atoms with van der Waals surface area (Å²) in [5.41, 5.74) is 7.19. The van der Waals surface area contributed by atoms with E-state index in [0.29, 0.717) is 34.9 Å². The van der Waals surface area contributed by atoms with Crippen molar-refractivity contribution in [3.63, 3.8) is 0 Å². The highest BCUT2D eigenvalue weighted by atomic mass is 79.9. The van der Waals surface area contributed by atoms with Gasteiger partial charge in [0, 0.05) is 16.2 Å². The molecule has 21 heavy (non-hydrogen) atoms. The molecule has 0 aromatic heterocycles. The second-order valence-electron chi connectivity index (χ2n) is 4.36. The van der Waals surface area contributed by atoms with E-state index in [1.54, 1.807) is 30.3 Å². The monoisotopic (exact) mass is 349 g/mol. The van der Waals surface area contributed by atoms with Crippen LogP contribution >= 0.6 is 15.9 Å². The minimum absolute atomic E-state index is 0.170. The number of ether oxygens (including phenoxy) is 2. The van der Waals surface area contributed by atoms with Gasteiger partial charge in [-0.05, 0) is 37.3 Å². The van der Waals surface area contributed by atoms with Gasteiger partial charge in [-0.25, -0.2) is 0 Å². The van der Waals surface area contributed by atoms with E-state index in [9.17, 15) is 4.79 Å². The first-order valence-electron chi connectivity index (χ1n) is 6.47. The number of carbonyl (C=O) groups excluding carboxylic acids is 1. The molecule has 0 unspecified atom stereocenters. The minimum Gasteiger partial charge on any atom is -0.496 e. The van der Waals surface area contributed by atoms with Gasteiger partial charge in [-0.1, -0.05) is 15.9 Å². The smallest absolute Gasteiger partial charge is 0.200 e. The van der Waals surface area contributed by atoms with Gasteiger partial charge < -0.3 is 15.2 Å². The van der Waals surface area contributed by atoms with Gasteiger partial charge in [0.15, 0.2) is 0 Å². The molecular formula is C16H16BrNO3. The molecule has 0 radical (unpaired) electrons. The van der Waals surface area contributed by atoms with Gasteiger partial charge >= 0.3 is 0 Å². The molecule has 0 heterocycles. The van der Waals surface area contributed by atoms with Crippen molar-refractivity contribution in [1.82, 2.24) is 0 Å². The van der Waals surface area contributed by atoms with Crippen LogP contribution in [0.5, 0.6) is 11.5 Å². The summed E-state index contributed by atoms with van der Waals surface area (Å²) in [6.07, 6.45) is 0. The van der Waals surface area contributed by atoms with Gasteiger partial charge in [-0.15, -0.1) is 0 Å². The van der Waals surface area contributed by atoms with Crippen LogP contribution in [-0.4, -0.2) is 19.5 Å². The molecule has 0 atom stereocenters. The summed E-state index contributed by atoms with van der Waals surface area (Å²) in [6.45, 7) is 2.36. The zero-order valence-corrected chi connectivity index (χ0v) is 13.4. The van der Waals surface area contributed by atoms with Crippen LogP contribution < -0.4 is 15.2 Å². The molecule has 110 valence electrons. The molecule has 0 amide bonds. The Morgan fingerprint density at radius 1 is 1.14 bits per heavy atom. The summed E-state index contributed by atoms with van der Waals surface area (Å²) >= 11 is 3.38. The molecule has 2 aromatic rings. The lowest BCUT2D eigenvalue weighted by atomic mass is 10.0. The lowest BCUT2D eigenvalue weighted by Gasteiger charge is -2.12. The van der Waals surface area contributed by atoms with Crippen molar-refractivity contribution in [2.45, 2.75) is 6.92 Å². The number of nitrogen functional groups attached to an aromatic ring is 1. The molecule has 0 aliphatic rings. The molecule has 5 heteroatoms. The lowest BCUT2D eigenvalue weighted by Crippen LogP contribution is -2.07. The molecule has 0 saturated heterocycles. The van der Waals surface area contributed by atoms with Crippen LogP contribution in [0.2, 0.25) is 0 Å². The van der Waals surface area contributed by atoms with Crippen LogP contribution in [0.25, 0.3) is 0 Å². The van der Waals surface area contributed by atoms with Crippen molar-refractivity contribution in [1.29, 1.82) is 0 Å². The summed E-state index contributed by atoms with van der Waals surface area (Å²) < 4.78 is 11.6. The summed E-state index contributed by atoms with van der Waals surface area (Å²) in [7, 11) is 1.51. The highest BCUT2D eigenvalue weighted by Crippen LogP contribution is 2.30. The fourth-order valence-corrected chi connectivity index (χ4v) is 2.36. The average molecular weight is 350 g/mol. The molecule has 0 aliphatic heterocycles. The van der Waals surface area contributed by atoms with Crippen molar-refractivity contribution < 1.29 is 14.3 Å². The van der Waals surface area contributed by atoms with Crippen LogP contribution in [0.1, 0.15) is 22.8 Å². The number of benzene rings is 2. The molecule has 0 fully saturated rings. The maximum atomic E-state index is 12.8. The highest BCUT2D eigenvalue weighted by molar-refractivity contribution is 9.10. The van der Waals surface area contributed by atoms with Crippen LogP contribution in [0, 0.1) is 0 Å². The van der Waals surface area contributed by atoms with Crippen molar-refractivity contribution >= 4 is 27.4 Å². The Labute approximate surface area is 132 Å². The van der Waals surface area contributed by atoms with Crippen molar-refractivity contribution in [3.05, 3.63) is 52.0 Å². The van der Waals surface area contributed by atoms with Crippen LogP contribution in [-0.2, 0) is 0 Å². The quantitative estimate of drug-likeness (QED) is 0.660. The number of methoxy groups -OCH3 is 1. The second kappa shape index (κ2) is 6.63. The fraction of sp³-hybridized carbons (Fsp3) is 0.188. The molecule has 2 N–H and O–H groups in total. The molecule has 0 spiro atoms. The van der Waals surface area contributed by atoms with E-state index in [4.69, 9.17) is 15.2 Å². The fourth-order valence-electron chi connectivity index (χ4n) is 2.00. The highest BCUT2D eigenvalue weighted by Gasteiger charge is 2.19. The zero-order chi connectivity index (χ0) is 15.4. The number of carbonyl (C=O) groups is 1. The van der Waals surface area contributed by atoms with E-state index in [-0.39, 0.29) is 5.78 Å². The third-order valence-electron chi connectivity index (χ3n) is 2.96. The topological polar surface area (TPSA) is 61.5 Å². The number of hydrogen-bond donors (Lipinski definition) is 1. The molecule has 0 saturated carbocycles. The largest absolute Gasteiger partial charge is 0.496 e. The number of hydrogen-bond acceptors (Lipinski definition) is 4. The Kier molecular flexibility index (Phi) is 4.85. The maximum Gasteiger partial charge on any atom is 0.200 e. The first kappa shape index (κ1) is 15.4. The van der Waals surface area contributed by atoms with Crippen molar-refractivity contribution in [3.8, 4) is 11.5 Å². The number of nitrogens with two attached hydrogens (primary N) is 1. The predicted molar refractivity (Wildman–Crippen MR) is 86.1 cm³/mol. The molecule has 0 aliphatic carbocycles. The first-order valence-corrected chi connectivity index (χ1v) is 7.26. The van der Waals surface area contributed by atoms with Crippen LogP contribution in [0.3, 0.4) is 0 Å². The molecule has 2 aromatic carbocycles. The van der Waals surface area contributed by atoms with Crippen LogP contribution in [0.4, 0.5) is 5.69 Å². The maximum absolute atomic E-state index is 12.8. The van der Waals surface area contributed by atoms with E-state index >= 15 is 0 Å². The summed E-state index contributed by atoms with van der Waals surface area (Å²) in [6, 6.07) is 10.3. The minimum atomic E-state index is -0.170. The third-order valence-corrected chi connectivity index (χ3v) is 3.45. The normalized spacial score (nSPS) is 10.2. The average Bonchev–Trinajstić information content (AvgIpc) is 2.48. The Bertz CT molecular complexity index is 671. The van der Waals surface area contributed by atoms with Crippen molar-refractivity contribution in [2.24, 2.45) is 0 Å². The van der Waals surface area contributed by atoms with Gasteiger partial charge in [0.25, 0.3) is 0 Å².